The molecule has 3 nitrogen and oxygen atoms in total. The van der Waals surface area contributed by atoms with Crippen LogP contribution in [0.2, 0.25) is 0 Å². The summed E-state index contributed by atoms with van der Waals surface area (Å²) in [5.41, 5.74) is 5.45. The molecule has 1 aromatic heterocycles. The zero-order valence-corrected chi connectivity index (χ0v) is 11.5. The zero-order valence-electron chi connectivity index (χ0n) is 9.82. The van der Waals surface area contributed by atoms with E-state index in [-0.39, 0.29) is 23.7 Å². The fourth-order valence-electron chi connectivity index (χ4n) is 1.22. The minimum absolute atomic E-state index is 0. The number of thiophene rings is 1. The maximum absolute atomic E-state index is 11.3. The first-order valence-corrected chi connectivity index (χ1v) is 5.89. The molecule has 0 radical (unpaired) electrons. The zero-order chi connectivity index (χ0) is 11.5. The summed E-state index contributed by atoms with van der Waals surface area (Å²) in [4.78, 5) is 12.6. The SMILES string of the molecule is C[C@@H](N)C(=O)NCC(C)(C)c1cccs1.Cl. The number of hydrogen-bond acceptors (Lipinski definition) is 3. The van der Waals surface area contributed by atoms with E-state index in [0.717, 1.165) is 0 Å². The second-order valence-corrected chi connectivity index (χ2v) is 5.32. The van der Waals surface area contributed by atoms with Crippen molar-refractivity contribution in [1.29, 1.82) is 0 Å². The van der Waals surface area contributed by atoms with E-state index in [0.29, 0.717) is 6.54 Å². The topological polar surface area (TPSA) is 55.1 Å². The molecular formula is C11H19ClN2OS. The van der Waals surface area contributed by atoms with Crippen LogP contribution in [0.1, 0.15) is 25.6 Å². The number of carbonyl (C=O) groups excluding carboxylic acids is 1. The predicted molar refractivity (Wildman–Crippen MR) is 71.3 cm³/mol. The fraction of sp³-hybridized carbons (Fsp3) is 0.545. The second kappa shape index (κ2) is 6.23. The van der Waals surface area contributed by atoms with Gasteiger partial charge in [0, 0.05) is 16.8 Å². The Hall–Kier alpha value is -0.580. The number of nitrogens with one attached hydrogen (secondary N) is 1. The van der Waals surface area contributed by atoms with Gasteiger partial charge in [-0.1, -0.05) is 19.9 Å². The van der Waals surface area contributed by atoms with Crippen LogP contribution in [0.15, 0.2) is 17.5 Å². The largest absolute Gasteiger partial charge is 0.354 e. The summed E-state index contributed by atoms with van der Waals surface area (Å²) in [6.45, 7) is 6.53. The van der Waals surface area contributed by atoms with Crippen LogP contribution < -0.4 is 11.1 Å². The van der Waals surface area contributed by atoms with Gasteiger partial charge in [-0.2, -0.15) is 0 Å². The Bertz CT molecular complexity index is 323. The van der Waals surface area contributed by atoms with Gasteiger partial charge in [-0.15, -0.1) is 23.7 Å². The van der Waals surface area contributed by atoms with Crippen molar-refractivity contribution in [2.75, 3.05) is 6.54 Å². The highest BCUT2D eigenvalue weighted by Crippen LogP contribution is 2.26. The van der Waals surface area contributed by atoms with Gasteiger partial charge < -0.3 is 11.1 Å². The first-order valence-electron chi connectivity index (χ1n) is 5.01. The van der Waals surface area contributed by atoms with Gasteiger partial charge in [0.25, 0.3) is 0 Å². The molecule has 0 aliphatic heterocycles. The van der Waals surface area contributed by atoms with E-state index in [4.69, 9.17) is 5.73 Å². The lowest BCUT2D eigenvalue weighted by Crippen LogP contribution is -2.43. The quantitative estimate of drug-likeness (QED) is 0.871. The number of amides is 1. The Morgan fingerprint density at radius 3 is 2.69 bits per heavy atom. The first kappa shape index (κ1) is 15.4. The third kappa shape index (κ3) is 4.12. The van der Waals surface area contributed by atoms with Crippen molar-refractivity contribution in [2.24, 2.45) is 5.73 Å². The van der Waals surface area contributed by atoms with Crippen molar-refractivity contribution in [2.45, 2.75) is 32.2 Å². The highest BCUT2D eigenvalue weighted by atomic mass is 35.5. The fourth-order valence-corrected chi connectivity index (χ4v) is 2.07. The van der Waals surface area contributed by atoms with E-state index in [1.54, 1.807) is 18.3 Å². The van der Waals surface area contributed by atoms with E-state index < -0.39 is 6.04 Å². The van der Waals surface area contributed by atoms with Crippen LogP contribution in [0.25, 0.3) is 0 Å². The van der Waals surface area contributed by atoms with E-state index >= 15 is 0 Å². The van der Waals surface area contributed by atoms with Crippen molar-refractivity contribution in [3.63, 3.8) is 0 Å². The summed E-state index contributed by atoms with van der Waals surface area (Å²) in [6.07, 6.45) is 0. The summed E-state index contributed by atoms with van der Waals surface area (Å²) >= 11 is 1.71. The van der Waals surface area contributed by atoms with Gasteiger partial charge in [0.05, 0.1) is 6.04 Å². The molecule has 0 bridgehead atoms. The van der Waals surface area contributed by atoms with Crippen molar-refractivity contribution < 1.29 is 4.79 Å². The number of carbonyl (C=O) groups is 1. The molecule has 1 rings (SSSR count). The minimum atomic E-state index is -0.441. The Morgan fingerprint density at radius 2 is 2.25 bits per heavy atom. The normalized spacial score (nSPS) is 12.8. The number of halogens is 1. The lowest BCUT2D eigenvalue weighted by Gasteiger charge is -2.24. The van der Waals surface area contributed by atoms with Crippen LogP contribution in [0.4, 0.5) is 0 Å². The number of hydrogen-bond donors (Lipinski definition) is 2. The maximum Gasteiger partial charge on any atom is 0.236 e. The second-order valence-electron chi connectivity index (χ2n) is 4.37. The van der Waals surface area contributed by atoms with Crippen molar-refractivity contribution in [3.05, 3.63) is 22.4 Å². The van der Waals surface area contributed by atoms with Crippen molar-refractivity contribution in [3.8, 4) is 0 Å². The average Bonchev–Trinajstić information content (AvgIpc) is 2.67. The van der Waals surface area contributed by atoms with Gasteiger partial charge in [0.1, 0.15) is 0 Å². The van der Waals surface area contributed by atoms with Crippen molar-refractivity contribution in [1.82, 2.24) is 5.32 Å². The molecule has 5 heteroatoms. The van der Waals surface area contributed by atoms with Crippen LogP contribution in [0.5, 0.6) is 0 Å². The van der Waals surface area contributed by atoms with Crippen LogP contribution in [-0.4, -0.2) is 18.5 Å². The summed E-state index contributed by atoms with van der Waals surface area (Å²) < 4.78 is 0. The van der Waals surface area contributed by atoms with Gasteiger partial charge in [-0.3, -0.25) is 4.79 Å². The summed E-state index contributed by atoms with van der Waals surface area (Å²) in [5, 5.41) is 4.90. The molecule has 0 fully saturated rings. The van der Waals surface area contributed by atoms with Gasteiger partial charge in [-0.25, -0.2) is 0 Å². The monoisotopic (exact) mass is 262 g/mol. The molecule has 0 aromatic carbocycles. The average molecular weight is 263 g/mol. The molecule has 92 valence electrons. The van der Waals surface area contributed by atoms with E-state index in [9.17, 15) is 4.79 Å². The molecule has 1 atom stereocenters. The highest BCUT2D eigenvalue weighted by Gasteiger charge is 2.22. The predicted octanol–water partition coefficient (Wildman–Crippen LogP) is 1.91. The molecule has 0 unspecified atom stereocenters. The third-order valence-corrected chi connectivity index (χ3v) is 3.54. The molecule has 16 heavy (non-hydrogen) atoms. The van der Waals surface area contributed by atoms with Gasteiger partial charge in [0.2, 0.25) is 5.91 Å². The molecule has 1 amide bonds. The molecule has 0 aliphatic carbocycles. The maximum atomic E-state index is 11.3. The first-order chi connectivity index (χ1) is 6.93. The minimum Gasteiger partial charge on any atom is -0.354 e. The molecule has 1 heterocycles. The number of rotatable bonds is 4. The number of nitrogens with two attached hydrogens (primary N) is 1. The van der Waals surface area contributed by atoms with Crippen LogP contribution >= 0.6 is 23.7 Å². The smallest absolute Gasteiger partial charge is 0.236 e. The molecule has 3 N–H and O–H groups in total. The molecule has 0 aliphatic rings. The van der Waals surface area contributed by atoms with E-state index in [1.165, 1.54) is 4.88 Å². The lowest BCUT2D eigenvalue weighted by atomic mass is 9.91. The standard InChI is InChI=1S/C11H18N2OS.ClH/c1-8(12)10(14)13-7-11(2,3)9-5-4-6-15-9;/h4-6,8H,7,12H2,1-3H3,(H,13,14);1H/t8-;/m1./s1. The van der Waals surface area contributed by atoms with Crippen LogP contribution in [-0.2, 0) is 10.2 Å². The molecule has 0 saturated heterocycles. The lowest BCUT2D eigenvalue weighted by molar-refractivity contribution is -0.122. The Labute approximate surface area is 107 Å². The van der Waals surface area contributed by atoms with Crippen molar-refractivity contribution >= 4 is 29.7 Å². The van der Waals surface area contributed by atoms with Gasteiger partial charge in [-0.05, 0) is 18.4 Å². The molecular weight excluding hydrogens is 244 g/mol. The van der Waals surface area contributed by atoms with E-state index in [2.05, 4.69) is 25.2 Å². The van der Waals surface area contributed by atoms with Gasteiger partial charge in [0.15, 0.2) is 0 Å². The molecule has 1 aromatic rings. The summed E-state index contributed by atoms with van der Waals surface area (Å²) in [7, 11) is 0. The van der Waals surface area contributed by atoms with Gasteiger partial charge >= 0.3 is 0 Å². The Morgan fingerprint density at radius 1 is 1.62 bits per heavy atom. The Balaban J connectivity index is 0.00000225. The third-order valence-electron chi connectivity index (χ3n) is 2.31. The van der Waals surface area contributed by atoms with Crippen LogP contribution in [0.3, 0.4) is 0 Å². The summed E-state index contributed by atoms with van der Waals surface area (Å²) in [6, 6.07) is 3.67. The molecule has 0 saturated carbocycles. The highest BCUT2D eigenvalue weighted by molar-refractivity contribution is 7.10. The summed E-state index contributed by atoms with van der Waals surface area (Å²) in [5.74, 6) is -0.0976. The Kier molecular flexibility index (Phi) is 6.00. The van der Waals surface area contributed by atoms with E-state index in [1.807, 2.05) is 11.4 Å². The van der Waals surface area contributed by atoms with Crippen LogP contribution in [0, 0.1) is 0 Å². The molecule has 0 spiro atoms.